The first-order chi connectivity index (χ1) is 10.1. The molecule has 114 valence electrons. The molecule has 1 aromatic carbocycles. The molecule has 0 saturated carbocycles. The number of nitrogens with zero attached hydrogens (tertiary/aromatic N) is 1. The molecule has 2 rings (SSSR count). The van der Waals surface area contributed by atoms with Crippen molar-refractivity contribution in [1.82, 2.24) is 10.3 Å². The zero-order valence-electron chi connectivity index (χ0n) is 12.7. The van der Waals surface area contributed by atoms with Crippen LogP contribution >= 0.6 is 0 Å². The van der Waals surface area contributed by atoms with Crippen LogP contribution in [0.5, 0.6) is 5.75 Å². The van der Waals surface area contributed by atoms with Gasteiger partial charge >= 0.3 is 0 Å². The quantitative estimate of drug-likeness (QED) is 0.817. The smallest absolute Gasteiger partial charge is 0.208 e. The molecule has 1 heterocycles. The molecule has 0 aliphatic carbocycles. The van der Waals surface area contributed by atoms with Crippen molar-refractivity contribution in [1.29, 1.82) is 0 Å². The lowest BCUT2D eigenvalue weighted by Gasteiger charge is -2.14. The Kier molecular flexibility index (Phi) is 5.36. The molecule has 5 heteroatoms. The summed E-state index contributed by atoms with van der Waals surface area (Å²) in [5.41, 5.74) is 1.96. The predicted octanol–water partition coefficient (Wildman–Crippen LogP) is 2.13. The maximum absolute atomic E-state index is 9.90. The Morgan fingerprint density at radius 1 is 1.29 bits per heavy atom. The number of rotatable bonds is 7. The number of aliphatic hydroxyl groups excluding tert-OH is 1. The number of para-hydroxylation sites is 1. The van der Waals surface area contributed by atoms with Crippen LogP contribution in [-0.2, 0) is 6.54 Å². The third kappa shape index (κ3) is 4.58. The number of ether oxygens (including phenoxy) is 1. The van der Waals surface area contributed by atoms with E-state index in [1.54, 1.807) is 0 Å². The summed E-state index contributed by atoms with van der Waals surface area (Å²) in [6, 6.07) is 7.75. The molecular weight excluding hydrogens is 268 g/mol. The maximum atomic E-state index is 9.90. The number of aryl methyl sites for hydroxylation is 3. The van der Waals surface area contributed by atoms with Crippen molar-refractivity contribution in [3.63, 3.8) is 0 Å². The van der Waals surface area contributed by atoms with Gasteiger partial charge in [0.15, 0.2) is 0 Å². The Balaban J connectivity index is 1.70. The van der Waals surface area contributed by atoms with E-state index in [4.69, 9.17) is 9.15 Å². The fraction of sp³-hybridized carbons (Fsp3) is 0.438. The molecule has 0 aliphatic rings. The first kappa shape index (κ1) is 15.5. The van der Waals surface area contributed by atoms with Gasteiger partial charge in [-0.3, -0.25) is 0 Å². The molecule has 0 spiro atoms. The van der Waals surface area contributed by atoms with E-state index in [9.17, 15) is 5.11 Å². The fourth-order valence-corrected chi connectivity index (χ4v) is 1.92. The van der Waals surface area contributed by atoms with Crippen molar-refractivity contribution in [2.45, 2.75) is 33.4 Å². The van der Waals surface area contributed by atoms with E-state index >= 15 is 0 Å². The normalized spacial score (nSPS) is 12.4. The predicted molar refractivity (Wildman–Crippen MR) is 80.4 cm³/mol. The fourth-order valence-electron chi connectivity index (χ4n) is 1.92. The number of benzene rings is 1. The lowest BCUT2D eigenvalue weighted by molar-refractivity contribution is 0.105. The van der Waals surface area contributed by atoms with Crippen molar-refractivity contribution in [3.05, 3.63) is 47.2 Å². The topological polar surface area (TPSA) is 67.5 Å². The number of nitrogens with one attached hydrogen (secondary N) is 1. The number of aliphatic hydroxyl groups is 1. The summed E-state index contributed by atoms with van der Waals surface area (Å²) in [7, 11) is 0. The second kappa shape index (κ2) is 7.24. The van der Waals surface area contributed by atoms with Gasteiger partial charge in [0, 0.05) is 6.54 Å². The van der Waals surface area contributed by atoms with Gasteiger partial charge in [-0.25, -0.2) is 4.98 Å². The summed E-state index contributed by atoms with van der Waals surface area (Å²) >= 11 is 0. The number of oxazole rings is 1. The van der Waals surface area contributed by atoms with Gasteiger partial charge in [-0.15, -0.1) is 0 Å². The van der Waals surface area contributed by atoms with E-state index in [1.165, 1.54) is 0 Å². The van der Waals surface area contributed by atoms with Crippen LogP contribution in [0.4, 0.5) is 0 Å². The van der Waals surface area contributed by atoms with Gasteiger partial charge < -0.3 is 19.6 Å². The van der Waals surface area contributed by atoms with Crippen LogP contribution in [0.15, 0.2) is 28.7 Å². The highest BCUT2D eigenvalue weighted by Crippen LogP contribution is 2.16. The largest absolute Gasteiger partial charge is 0.491 e. The number of aromatic nitrogens is 1. The second-order valence-corrected chi connectivity index (χ2v) is 5.11. The van der Waals surface area contributed by atoms with Crippen LogP contribution in [0.25, 0.3) is 0 Å². The van der Waals surface area contributed by atoms with Gasteiger partial charge in [0.05, 0.1) is 12.2 Å². The van der Waals surface area contributed by atoms with Gasteiger partial charge in [0.2, 0.25) is 5.89 Å². The first-order valence-corrected chi connectivity index (χ1v) is 7.06. The Morgan fingerprint density at radius 2 is 2.05 bits per heavy atom. The molecule has 0 fully saturated rings. The third-order valence-electron chi connectivity index (χ3n) is 3.25. The minimum atomic E-state index is -0.582. The highest BCUT2D eigenvalue weighted by molar-refractivity contribution is 5.31. The van der Waals surface area contributed by atoms with E-state index < -0.39 is 6.10 Å². The van der Waals surface area contributed by atoms with Crippen LogP contribution in [0.3, 0.4) is 0 Å². The number of hydrogen-bond acceptors (Lipinski definition) is 5. The summed E-state index contributed by atoms with van der Waals surface area (Å²) in [5.74, 6) is 2.27. The van der Waals surface area contributed by atoms with Crippen LogP contribution in [0.1, 0.15) is 22.9 Å². The molecule has 21 heavy (non-hydrogen) atoms. The summed E-state index contributed by atoms with van der Waals surface area (Å²) in [6.07, 6.45) is -0.582. The van der Waals surface area contributed by atoms with E-state index in [2.05, 4.69) is 10.3 Å². The standard InChI is InChI=1S/C16H22N2O3/c1-11-6-4-5-7-15(11)20-10-14(19)8-17-9-16-18-12(2)13(3)21-16/h4-7,14,17,19H,8-10H2,1-3H3. The molecule has 2 N–H and O–H groups in total. The maximum Gasteiger partial charge on any atom is 0.208 e. The average Bonchev–Trinajstić information content (AvgIpc) is 2.77. The Morgan fingerprint density at radius 3 is 2.71 bits per heavy atom. The van der Waals surface area contributed by atoms with Crippen molar-refractivity contribution in [2.24, 2.45) is 0 Å². The molecule has 1 atom stereocenters. The second-order valence-electron chi connectivity index (χ2n) is 5.11. The van der Waals surface area contributed by atoms with Gasteiger partial charge in [-0.1, -0.05) is 18.2 Å². The zero-order chi connectivity index (χ0) is 15.2. The molecule has 1 aromatic heterocycles. The highest BCUT2D eigenvalue weighted by Gasteiger charge is 2.08. The Labute approximate surface area is 125 Å². The molecule has 1 unspecified atom stereocenters. The first-order valence-electron chi connectivity index (χ1n) is 7.06. The number of hydrogen-bond donors (Lipinski definition) is 2. The summed E-state index contributed by atoms with van der Waals surface area (Å²) in [5, 5.41) is 13.0. The van der Waals surface area contributed by atoms with Crippen molar-refractivity contribution in [2.75, 3.05) is 13.2 Å². The molecular formula is C16H22N2O3. The average molecular weight is 290 g/mol. The van der Waals surface area contributed by atoms with Gasteiger partial charge in [0.25, 0.3) is 0 Å². The van der Waals surface area contributed by atoms with E-state index in [-0.39, 0.29) is 6.61 Å². The minimum Gasteiger partial charge on any atom is -0.491 e. The molecule has 0 radical (unpaired) electrons. The van der Waals surface area contributed by atoms with Gasteiger partial charge in [-0.2, -0.15) is 0 Å². The van der Waals surface area contributed by atoms with Crippen LogP contribution in [0.2, 0.25) is 0 Å². The van der Waals surface area contributed by atoms with Crippen molar-refractivity contribution in [3.8, 4) is 5.75 Å². The van der Waals surface area contributed by atoms with Crippen LogP contribution in [0, 0.1) is 20.8 Å². The lowest BCUT2D eigenvalue weighted by Crippen LogP contribution is -2.31. The third-order valence-corrected chi connectivity index (χ3v) is 3.25. The van der Waals surface area contributed by atoms with E-state index in [0.717, 1.165) is 22.8 Å². The van der Waals surface area contributed by atoms with E-state index in [1.807, 2.05) is 45.0 Å². The summed E-state index contributed by atoms with van der Waals surface area (Å²) in [6.45, 7) is 6.95. The van der Waals surface area contributed by atoms with Crippen LogP contribution in [-0.4, -0.2) is 29.3 Å². The van der Waals surface area contributed by atoms with E-state index in [0.29, 0.717) is 19.0 Å². The van der Waals surface area contributed by atoms with Gasteiger partial charge in [-0.05, 0) is 32.4 Å². The summed E-state index contributed by atoms with van der Waals surface area (Å²) in [4.78, 5) is 4.27. The molecule has 5 nitrogen and oxygen atoms in total. The lowest BCUT2D eigenvalue weighted by atomic mass is 10.2. The summed E-state index contributed by atoms with van der Waals surface area (Å²) < 4.78 is 11.1. The molecule has 0 saturated heterocycles. The Hall–Kier alpha value is -1.85. The molecule has 0 bridgehead atoms. The van der Waals surface area contributed by atoms with Gasteiger partial charge in [0.1, 0.15) is 24.2 Å². The highest BCUT2D eigenvalue weighted by atomic mass is 16.5. The van der Waals surface area contributed by atoms with Crippen molar-refractivity contribution >= 4 is 0 Å². The Bertz CT molecular complexity index is 561. The molecule has 2 aromatic rings. The SMILES string of the molecule is Cc1ccccc1OCC(O)CNCc1nc(C)c(C)o1. The zero-order valence-corrected chi connectivity index (χ0v) is 12.7. The van der Waals surface area contributed by atoms with Crippen LogP contribution < -0.4 is 10.1 Å². The van der Waals surface area contributed by atoms with Crippen molar-refractivity contribution < 1.29 is 14.3 Å². The monoisotopic (exact) mass is 290 g/mol. The molecule has 0 aliphatic heterocycles. The molecule has 0 amide bonds. The minimum absolute atomic E-state index is 0.251.